The van der Waals surface area contributed by atoms with Crippen LogP contribution in [0.25, 0.3) is 0 Å². The summed E-state index contributed by atoms with van der Waals surface area (Å²) >= 11 is 0. The third kappa shape index (κ3) is 3.55. The van der Waals surface area contributed by atoms with Crippen LogP contribution in [-0.2, 0) is 15.0 Å². The first-order valence-electron chi connectivity index (χ1n) is 8.07. The van der Waals surface area contributed by atoms with E-state index in [1.165, 1.54) is 8.61 Å². The first-order valence-corrected chi connectivity index (χ1v) is 9.47. The minimum absolute atomic E-state index is 0.0531. The zero-order chi connectivity index (χ0) is 17.3. The second-order valence-electron chi connectivity index (χ2n) is 6.42. The molecule has 3 rings (SSSR count). The quantitative estimate of drug-likeness (QED) is 0.856. The monoisotopic (exact) mass is 354 g/mol. The molecule has 2 fully saturated rings. The summed E-state index contributed by atoms with van der Waals surface area (Å²) < 4.78 is 33.6. The first-order chi connectivity index (χ1) is 11.4. The molecule has 8 heteroatoms. The van der Waals surface area contributed by atoms with E-state index in [1.807, 2.05) is 31.2 Å². The number of benzene rings is 1. The zero-order valence-electron chi connectivity index (χ0n) is 13.6. The minimum Gasteiger partial charge on any atom is -0.488 e. The van der Waals surface area contributed by atoms with Crippen molar-refractivity contribution in [2.45, 2.75) is 25.9 Å². The van der Waals surface area contributed by atoms with Gasteiger partial charge in [-0.15, -0.1) is 0 Å². The van der Waals surface area contributed by atoms with Crippen LogP contribution in [0, 0.1) is 12.8 Å². The summed E-state index contributed by atoms with van der Waals surface area (Å²) in [6.07, 6.45) is 0.940. The number of ether oxygens (including phenoxy) is 1. The molecule has 1 atom stereocenters. The van der Waals surface area contributed by atoms with E-state index in [9.17, 15) is 13.2 Å². The van der Waals surface area contributed by atoms with E-state index in [0.29, 0.717) is 32.5 Å². The van der Waals surface area contributed by atoms with E-state index in [1.54, 1.807) is 0 Å². The standard InChI is InChI=1S/C16H22N2O5S/c1-12-4-2-6-14(8-12)23-15-10-18(11-15)24(21,22)17-7-3-5-13(9-17)16(19)20/h2,4,6,8,13,15H,3,5,7,9-11H2,1H3,(H,19,20). The van der Waals surface area contributed by atoms with Gasteiger partial charge in [0.1, 0.15) is 11.9 Å². The first kappa shape index (κ1) is 17.2. The number of carboxylic acid groups (broad SMARTS) is 1. The Hall–Kier alpha value is -1.64. The molecule has 1 aromatic rings. The molecular weight excluding hydrogens is 332 g/mol. The predicted octanol–water partition coefficient (Wildman–Crippen LogP) is 1.10. The molecule has 1 aromatic carbocycles. The lowest BCUT2D eigenvalue weighted by atomic mass is 10.0. The van der Waals surface area contributed by atoms with Crippen molar-refractivity contribution >= 4 is 16.2 Å². The summed E-state index contributed by atoms with van der Waals surface area (Å²) in [5, 5.41) is 9.10. The van der Waals surface area contributed by atoms with Crippen LogP contribution >= 0.6 is 0 Å². The van der Waals surface area contributed by atoms with Gasteiger partial charge in [0.25, 0.3) is 10.2 Å². The molecule has 2 aliphatic rings. The van der Waals surface area contributed by atoms with E-state index in [0.717, 1.165) is 11.3 Å². The number of rotatable bonds is 5. The van der Waals surface area contributed by atoms with Gasteiger partial charge >= 0.3 is 5.97 Å². The van der Waals surface area contributed by atoms with Gasteiger partial charge in [0, 0.05) is 13.1 Å². The third-order valence-electron chi connectivity index (χ3n) is 4.49. The average Bonchev–Trinajstić information content (AvgIpc) is 2.50. The van der Waals surface area contributed by atoms with Crippen LogP contribution in [0.3, 0.4) is 0 Å². The highest BCUT2D eigenvalue weighted by Crippen LogP contribution is 2.26. The van der Waals surface area contributed by atoms with Crippen LogP contribution in [0.5, 0.6) is 5.75 Å². The van der Waals surface area contributed by atoms with Crippen LogP contribution in [-0.4, -0.2) is 60.4 Å². The number of aryl methyl sites for hydroxylation is 1. The van der Waals surface area contributed by atoms with Crippen molar-refractivity contribution in [3.05, 3.63) is 29.8 Å². The third-order valence-corrected chi connectivity index (χ3v) is 6.43. The van der Waals surface area contributed by atoms with Gasteiger partial charge in [-0.05, 0) is 37.5 Å². The summed E-state index contributed by atoms with van der Waals surface area (Å²) in [5.74, 6) is -0.811. The molecule has 0 aromatic heterocycles. The Labute approximate surface area is 142 Å². The van der Waals surface area contributed by atoms with Gasteiger partial charge < -0.3 is 9.84 Å². The SMILES string of the molecule is Cc1cccc(OC2CN(S(=O)(=O)N3CCCC(C(=O)O)C3)C2)c1. The van der Waals surface area contributed by atoms with Crippen molar-refractivity contribution in [3.63, 3.8) is 0 Å². The highest BCUT2D eigenvalue weighted by Gasteiger charge is 2.42. The second-order valence-corrected chi connectivity index (χ2v) is 8.34. The Morgan fingerprint density at radius 1 is 1.25 bits per heavy atom. The van der Waals surface area contributed by atoms with Crippen molar-refractivity contribution in [1.29, 1.82) is 0 Å². The lowest BCUT2D eigenvalue weighted by Crippen LogP contribution is -2.60. The molecule has 0 bridgehead atoms. The number of carboxylic acids is 1. The van der Waals surface area contributed by atoms with E-state index < -0.39 is 22.1 Å². The molecule has 0 radical (unpaired) electrons. The van der Waals surface area contributed by atoms with Gasteiger partial charge in [0.15, 0.2) is 0 Å². The highest BCUT2D eigenvalue weighted by molar-refractivity contribution is 7.86. The summed E-state index contributed by atoms with van der Waals surface area (Å²) in [7, 11) is -3.60. The van der Waals surface area contributed by atoms with E-state index in [2.05, 4.69) is 0 Å². The van der Waals surface area contributed by atoms with Crippen LogP contribution < -0.4 is 4.74 Å². The fourth-order valence-electron chi connectivity index (χ4n) is 3.06. The highest BCUT2D eigenvalue weighted by atomic mass is 32.2. The molecule has 2 heterocycles. The molecule has 2 saturated heterocycles. The Morgan fingerprint density at radius 3 is 2.67 bits per heavy atom. The van der Waals surface area contributed by atoms with E-state index in [-0.39, 0.29) is 12.6 Å². The predicted molar refractivity (Wildman–Crippen MR) is 88.0 cm³/mol. The molecule has 0 aliphatic carbocycles. The Balaban J connectivity index is 1.57. The van der Waals surface area contributed by atoms with Crippen molar-refractivity contribution in [2.24, 2.45) is 5.92 Å². The van der Waals surface area contributed by atoms with Crippen molar-refractivity contribution < 1.29 is 23.1 Å². The average molecular weight is 354 g/mol. The molecule has 0 saturated carbocycles. The van der Waals surface area contributed by atoms with E-state index in [4.69, 9.17) is 9.84 Å². The van der Waals surface area contributed by atoms with Crippen molar-refractivity contribution in [3.8, 4) is 5.75 Å². The lowest BCUT2D eigenvalue weighted by Gasteiger charge is -2.42. The topological polar surface area (TPSA) is 87.2 Å². The summed E-state index contributed by atoms with van der Waals surface area (Å²) in [6, 6.07) is 7.64. The van der Waals surface area contributed by atoms with Crippen LogP contribution in [0.15, 0.2) is 24.3 Å². The maximum atomic E-state index is 12.6. The number of nitrogens with zero attached hydrogens (tertiary/aromatic N) is 2. The Kier molecular flexibility index (Phi) is 4.80. The van der Waals surface area contributed by atoms with Crippen LogP contribution in [0.2, 0.25) is 0 Å². The number of hydrogen-bond acceptors (Lipinski definition) is 4. The van der Waals surface area contributed by atoms with Crippen LogP contribution in [0.4, 0.5) is 0 Å². The Morgan fingerprint density at radius 2 is 2.00 bits per heavy atom. The lowest BCUT2D eigenvalue weighted by molar-refractivity contribution is -0.142. The molecule has 2 aliphatic heterocycles. The van der Waals surface area contributed by atoms with Crippen molar-refractivity contribution in [1.82, 2.24) is 8.61 Å². The van der Waals surface area contributed by atoms with Gasteiger partial charge in [-0.2, -0.15) is 17.0 Å². The van der Waals surface area contributed by atoms with Gasteiger partial charge in [-0.1, -0.05) is 12.1 Å². The maximum Gasteiger partial charge on any atom is 0.307 e. The molecular formula is C16H22N2O5S. The molecule has 0 spiro atoms. The fourth-order valence-corrected chi connectivity index (χ4v) is 4.83. The minimum atomic E-state index is -3.60. The molecule has 24 heavy (non-hydrogen) atoms. The maximum absolute atomic E-state index is 12.6. The number of hydrogen-bond donors (Lipinski definition) is 1. The summed E-state index contributed by atoms with van der Waals surface area (Å²) in [5.41, 5.74) is 1.09. The van der Waals surface area contributed by atoms with Crippen LogP contribution in [0.1, 0.15) is 18.4 Å². The summed E-state index contributed by atoms with van der Waals surface area (Å²) in [4.78, 5) is 11.1. The zero-order valence-corrected chi connectivity index (χ0v) is 14.4. The fraction of sp³-hybridized carbons (Fsp3) is 0.562. The Bertz CT molecular complexity index is 715. The summed E-state index contributed by atoms with van der Waals surface area (Å²) in [6.45, 7) is 3.00. The molecule has 0 amide bonds. The molecule has 1 unspecified atom stereocenters. The number of piperidine rings is 1. The molecule has 132 valence electrons. The van der Waals surface area contributed by atoms with Gasteiger partial charge in [-0.25, -0.2) is 0 Å². The van der Waals surface area contributed by atoms with Gasteiger partial charge in [0.2, 0.25) is 0 Å². The second kappa shape index (κ2) is 6.70. The van der Waals surface area contributed by atoms with E-state index >= 15 is 0 Å². The number of aliphatic carboxylic acids is 1. The van der Waals surface area contributed by atoms with Gasteiger partial charge in [0.05, 0.1) is 19.0 Å². The van der Waals surface area contributed by atoms with Gasteiger partial charge in [-0.3, -0.25) is 4.79 Å². The largest absolute Gasteiger partial charge is 0.488 e. The smallest absolute Gasteiger partial charge is 0.307 e. The van der Waals surface area contributed by atoms with Crippen molar-refractivity contribution in [2.75, 3.05) is 26.2 Å². The molecule has 7 nitrogen and oxygen atoms in total. The molecule has 1 N–H and O–H groups in total. The normalized spacial score (nSPS) is 23.6. The number of carbonyl (C=O) groups is 1.